The number of hydrogen-bond acceptors (Lipinski definition) is 5. The Kier molecular flexibility index (Phi) is 3.33. The number of nitrogens with one attached hydrogen (secondary N) is 1. The zero-order valence-electron chi connectivity index (χ0n) is 14.5. The number of imidazole rings is 1. The first-order valence-electron chi connectivity index (χ1n) is 8.46. The Labute approximate surface area is 153 Å². The fourth-order valence-corrected chi connectivity index (χ4v) is 3.14. The van der Waals surface area contributed by atoms with Crippen molar-refractivity contribution in [2.75, 3.05) is 5.32 Å². The molecule has 0 fully saturated rings. The lowest BCUT2D eigenvalue weighted by Crippen LogP contribution is -2.20. The lowest BCUT2D eigenvalue weighted by Gasteiger charge is -2.05. The van der Waals surface area contributed by atoms with E-state index >= 15 is 0 Å². The van der Waals surface area contributed by atoms with Crippen molar-refractivity contribution in [3.63, 3.8) is 0 Å². The van der Waals surface area contributed by atoms with Crippen LogP contribution in [0.1, 0.15) is 0 Å². The molecule has 1 N–H and O–H groups in total. The molecule has 0 amide bonds. The topological polar surface area (TPSA) is 77.9 Å². The van der Waals surface area contributed by atoms with Crippen molar-refractivity contribution in [3.8, 4) is 5.69 Å². The minimum atomic E-state index is -0.136. The second-order valence-electron chi connectivity index (χ2n) is 6.18. The van der Waals surface area contributed by atoms with Gasteiger partial charge in [-0.25, -0.2) is 14.3 Å². The summed E-state index contributed by atoms with van der Waals surface area (Å²) in [4.78, 5) is 21.4. The molecule has 0 radical (unpaired) electrons. The maximum absolute atomic E-state index is 12.6. The molecule has 0 spiro atoms. The standard InChI is InChI=1S/C20H15N5O2/c1-24-16-6-4-12-21-18(16)25(20(24)26)14-10-8-13(9-11-14)22-19-23-15-5-2-3-7-17(15)27-19/h2-12H,1H3,(H,22,23). The molecule has 0 unspecified atom stereocenters. The van der Waals surface area contributed by atoms with Crippen molar-refractivity contribution < 1.29 is 4.42 Å². The highest BCUT2D eigenvalue weighted by molar-refractivity contribution is 5.76. The largest absolute Gasteiger partial charge is 0.423 e. The van der Waals surface area contributed by atoms with E-state index in [2.05, 4.69) is 15.3 Å². The molecule has 0 aliphatic carbocycles. The molecule has 7 nitrogen and oxygen atoms in total. The molecule has 7 heteroatoms. The highest BCUT2D eigenvalue weighted by Crippen LogP contribution is 2.23. The van der Waals surface area contributed by atoms with Gasteiger partial charge in [-0.15, -0.1) is 0 Å². The monoisotopic (exact) mass is 357 g/mol. The molecular weight excluding hydrogens is 342 g/mol. The number of nitrogens with zero attached hydrogens (tertiary/aromatic N) is 4. The Morgan fingerprint density at radius 1 is 1.00 bits per heavy atom. The number of para-hydroxylation sites is 2. The zero-order chi connectivity index (χ0) is 18.4. The minimum absolute atomic E-state index is 0.136. The number of anilines is 2. The summed E-state index contributed by atoms with van der Waals surface area (Å²) in [7, 11) is 1.74. The Bertz CT molecular complexity index is 1300. The van der Waals surface area contributed by atoms with Crippen LogP contribution in [0.3, 0.4) is 0 Å². The fraction of sp³-hybridized carbons (Fsp3) is 0.0500. The van der Waals surface area contributed by atoms with Crippen molar-refractivity contribution >= 4 is 34.0 Å². The summed E-state index contributed by atoms with van der Waals surface area (Å²) >= 11 is 0. The van der Waals surface area contributed by atoms with Crippen LogP contribution in [-0.2, 0) is 7.05 Å². The summed E-state index contributed by atoms with van der Waals surface area (Å²) in [6.45, 7) is 0. The van der Waals surface area contributed by atoms with Crippen LogP contribution in [0.4, 0.5) is 11.7 Å². The number of aryl methyl sites for hydroxylation is 1. The first kappa shape index (κ1) is 15.4. The minimum Gasteiger partial charge on any atom is -0.423 e. The van der Waals surface area contributed by atoms with E-state index in [0.29, 0.717) is 11.7 Å². The third-order valence-electron chi connectivity index (χ3n) is 4.49. The number of pyridine rings is 1. The summed E-state index contributed by atoms with van der Waals surface area (Å²) in [6, 6.07) is 19.2. The maximum Gasteiger partial charge on any atom is 0.334 e. The molecule has 2 aromatic carbocycles. The van der Waals surface area contributed by atoms with Crippen LogP contribution in [0.15, 0.2) is 76.1 Å². The predicted molar refractivity (Wildman–Crippen MR) is 104 cm³/mol. The van der Waals surface area contributed by atoms with Gasteiger partial charge in [0.15, 0.2) is 11.2 Å². The Hall–Kier alpha value is -3.87. The van der Waals surface area contributed by atoms with Gasteiger partial charge in [0.05, 0.1) is 11.2 Å². The smallest absolute Gasteiger partial charge is 0.334 e. The van der Waals surface area contributed by atoms with Gasteiger partial charge in [0.2, 0.25) is 0 Å². The van der Waals surface area contributed by atoms with E-state index in [0.717, 1.165) is 28.0 Å². The number of rotatable bonds is 3. The molecule has 0 saturated carbocycles. The van der Waals surface area contributed by atoms with Crippen molar-refractivity contribution in [1.29, 1.82) is 0 Å². The molecule has 0 saturated heterocycles. The molecular formula is C20H15N5O2. The average Bonchev–Trinajstić information content (AvgIpc) is 3.21. The molecule has 5 aromatic rings. The summed E-state index contributed by atoms with van der Waals surface area (Å²) in [5.74, 6) is 0. The maximum atomic E-state index is 12.6. The molecule has 5 rings (SSSR count). The molecule has 0 aliphatic rings. The summed E-state index contributed by atoms with van der Waals surface area (Å²) in [5, 5.41) is 3.14. The van der Waals surface area contributed by atoms with Crippen molar-refractivity contribution in [2.24, 2.45) is 7.05 Å². The molecule has 0 atom stereocenters. The summed E-state index contributed by atoms with van der Waals surface area (Å²) in [5.41, 5.74) is 4.36. The number of hydrogen-bond donors (Lipinski definition) is 1. The van der Waals surface area contributed by atoms with Crippen LogP contribution in [-0.4, -0.2) is 19.1 Å². The molecule has 3 heterocycles. The molecule has 132 valence electrons. The Morgan fingerprint density at radius 3 is 2.63 bits per heavy atom. The number of oxazole rings is 1. The zero-order valence-corrected chi connectivity index (χ0v) is 14.5. The van der Waals surface area contributed by atoms with Gasteiger partial charge in [-0.3, -0.25) is 4.57 Å². The van der Waals surface area contributed by atoms with Crippen molar-refractivity contribution in [3.05, 3.63) is 77.3 Å². The first-order valence-corrected chi connectivity index (χ1v) is 8.46. The van der Waals surface area contributed by atoms with Gasteiger partial charge in [-0.05, 0) is 48.5 Å². The highest BCUT2D eigenvalue weighted by atomic mass is 16.4. The van der Waals surface area contributed by atoms with Crippen LogP contribution >= 0.6 is 0 Å². The third kappa shape index (κ3) is 2.48. The Morgan fingerprint density at radius 2 is 1.81 bits per heavy atom. The van der Waals surface area contributed by atoms with Crippen LogP contribution in [0.5, 0.6) is 0 Å². The van der Waals surface area contributed by atoms with E-state index in [1.165, 1.54) is 0 Å². The number of fused-ring (bicyclic) bond motifs is 2. The van der Waals surface area contributed by atoms with Gasteiger partial charge < -0.3 is 9.73 Å². The Balaban J connectivity index is 1.50. The van der Waals surface area contributed by atoms with E-state index in [9.17, 15) is 4.79 Å². The molecule has 0 aliphatic heterocycles. The van der Waals surface area contributed by atoms with Gasteiger partial charge >= 0.3 is 5.69 Å². The molecule has 0 bridgehead atoms. The van der Waals surface area contributed by atoms with Crippen LogP contribution in [0.25, 0.3) is 28.0 Å². The number of benzene rings is 2. The van der Waals surface area contributed by atoms with E-state index in [1.807, 2.05) is 60.7 Å². The van der Waals surface area contributed by atoms with Gasteiger partial charge in [0.25, 0.3) is 6.01 Å². The summed E-state index contributed by atoms with van der Waals surface area (Å²) in [6.07, 6.45) is 1.68. The average molecular weight is 357 g/mol. The summed E-state index contributed by atoms with van der Waals surface area (Å²) < 4.78 is 8.86. The van der Waals surface area contributed by atoms with E-state index in [4.69, 9.17) is 4.42 Å². The van der Waals surface area contributed by atoms with Gasteiger partial charge in [0, 0.05) is 18.9 Å². The van der Waals surface area contributed by atoms with Crippen molar-refractivity contribution in [2.45, 2.75) is 0 Å². The lowest BCUT2D eigenvalue weighted by molar-refractivity contribution is 0.623. The normalized spacial score (nSPS) is 11.3. The highest BCUT2D eigenvalue weighted by Gasteiger charge is 2.13. The third-order valence-corrected chi connectivity index (χ3v) is 4.49. The van der Waals surface area contributed by atoms with Crippen LogP contribution < -0.4 is 11.0 Å². The van der Waals surface area contributed by atoms with Gasteiger partial charge in [-0.2, -0.15) is 4.98 Å². The second-order valence-corrected chi connectivity index (χ2v) is 6.18. The quantitative estimate of drug-likeness (QED) is 0.534. The van der Waals surface area contributed by atoms with Gasteiger partial charge in [-0.1, -0.05) is 12.1 Å². The predicted octanol–water partition coefficient (Wildman–Crippen LogP) is 3.61. The fourth-order valence-electron chi connectivity index (χ4n) is 3.14. The number of aromatic nitrogens is 4. The lowest BCUT2D eigenvalue weighted by atomic mass is 10.3. The van der Waals surface area contributed by atoms with E-state index in [-0.39, 0.29) is 5.69 Å². The first-order chi connectivity index (χ1) is 13.2. The SMILES string of the molecule is Cn1c(=O)n(-c2ccc(Nc3nc4ccccc4o3)cc2)c2ncccc21. The molecule has 27 heavy (non-hydrogen) atoms. The molecule has 3 aromatic heterocycles. The van der Waals surface area contributed by atoms with Crippen LogP contribution in [0.2, 0.25) is 0 Å². The van der Waals surface area contributed by atoms with E-state index < -0.39 is 0 Å². The van der Waals surface area contributed by atoms with Crippen molar-refractivity contribution in [1.82, 2.24) is 19.1 Å². The van der Waals surface area contributed by atoms with E-state index in [1.54, 1.807) is 22.4 Å². The second kappa shape index (κ2) is 5.84. The van der Waals surface area contributed by atoms with Gasteiger partial charge in [0.1, 0.15) is 5.52 Å². The van der Waals surface area contributed by atoms with Crippen LogP contribution in [0, 0.1) is 0 Å².